The summed E-state index contributed by atoms with van der Waals surface area (Å²) in [5.74, 6) is 2.27. The number of thioether (sulfide) groups is 1. The molecule has 0 radical (unpaired) electrons. The van der Waals surface area contributed by atoms with Gasteiger partial charge in [-0.15, -0.1) is 5.10 Å². The van der Waals surface area contributed by atoms with Crippen molar-refractivity contribution in [2.45, 2.75) is 17.8 Å². The van der Waals surface area contributed by atoms with E-state index in [1.165, 1.54) is 16.3 Å². The van der Waals surface area contributed by atoms with E-state index in [1.54, 1.807) is 36.6 Å². The summed E-state index contributed by atoms with van der Waals surface area (Å²) in [5.41, 5.74) is 2.19. The molecule has 0 aliphatic rings. The van der Waals surface area contributed by atoms with Gasteiger partial charge in [0.2, 0.25) is 11.0 Å². The number of oxazole rings is 1. The quantitative estimate of drug-likeness (QED) is 0.399. The van der Waals surface area contributed by atoms with Crippen molar-refractivity contribution in [1.29, 1.82) is 0 Å². The predicted octanol–water partition coefficient (Wildman–Crippen LogP) is 4.59. The lowest BCUT2D eigenvalue weighted by Crippen LogP contribution is -2.13. The standard InChI is InChI=1S/C20H14ClN5O3S/c1-11-15(22-19(29-11)12-4-2-5-13(21)8-12)10-30-20-24-23-18(27)16-9-14(25-26(16)20)17-6-3-7-28-17/h2-9H,10H2,1H3,(H,23,27). The van der Waals surface area contributed by atoms with Crippen LogP contribution < -0.4 is 5.56 Å². The van der Waals surface area contributed by atoms with Gasteiger partial charge in [-0.1, -0.05) is 29.4 Å². The number of fused-ring (bicyclic) bond motifs is 1. The van der Waals surface area contributed by atoms with Crippen LogP contribution in [0.15, 0.2) is 67.5 Å². The highest BCUT2D eigenvalue weighted by atomic mass is 35.5. The molecule has 5 rings (SSSR count). The molecule has 0 unspecified atom stereocenters. The normalized spacial score (nSPS) is 11.4. The largest absolute Gasteiger partial charge is 0.463 e. The Morgan fingerprint density at radius 2 is 2.13 bits per heavy atom. The first-order valence-corrected chi connectivity index (χ1v) is 10.3. The van der Waals surface area contributed by atoms with Gasteiger partial charge in [0, 0.05) is 22.4 Å². The number of aromatic amines is 1. The Labute approximate surface area is 178 Å². The zero-order chi connectivity index (χ0) is 20.7. The minimum absolute atomic E-state index is 0.328. The van der Waals surface area contributed by atoms with E-state index in [2.05, 4.69) is 20.3 Å². The molecule has 4 aromatic heterocycles. The van der Waals surface area contributed by atoms with E-state index in [1.807, 2.05) is 19.1 Å². The Hall–Kier alpha value is -3.30. The Morgan fingerprint density at radius 3 is 2.93 bits per heavy atom. The van der Waals surface area contributed by atoms with Crippen molar-refractivity contribution in [3.63, 3.8) is 0 Å². The monoisotopic (exact) mass is 439 g/mol. The molecule has 0 amide bonds. The van der Waals surface area contributed by atoms with Crippen LogP contribution in [-0.2, 0) is 5.75 Å². The minimum Gasteiger partial charge on any atom is -0.463 e. The molecule has 1 aromatic carbocycles. The number of aryl methyl sites for hydroxylation is 1. The molecule has 8 nitrogen and oxygen atoms in total. The summed E-state index contributed by atoms with van der Waals surface area (Å²) in [6.45, 7) is 1.86. The van der Waals surface area contributed by atoms with Gasteiger partial charge in [0.15, 0.2) is 5.76 Å². The van der Waals surface area contributed by atoms with Gasteiger partial charge in [-0.2, -0.15) is 5.10 Å². The smallest absolute Gasteiger partial charge is 0.290 e. The van der Waals surface area contributed by atoms with Crippen LogP contribution in [0.4, 0.5) is 0 Å². The van der Waals surface area contributed by atoms with E-state index in [9.17, 15) is 4.79 Å². The van der Waals surface area contributed by atoms with Crippen molar-refractivity contribution < 1.29 is 8.83 Å². The number of H-pyrrole nitrogens is 1. The van der Waals surface area contributed by atoms with Crippen LogP contribution in [0.1, 0.15) is 11.5 Å². The molecule has 0 aliphatic heterocycles. The van der Waals surface area contributed by atoms with Gasteiger partial charge in [0.05, 0.1) is 12.0 Å². The lowest BCUT2D eigenvalue weighted by atomic mass is 10.2. The van der Waals surface area contributed by atoms with Gasteiger partial charge in [-0.25, -0.2) is 14.6 Å². The Balaban J connectivity index is 1.44. The zero-order valence-electron chi connectivity index (χ0n) is 15.6. The van der Waals surface area contributed by atoms with E-state index in [0.29, 0.717) is 44.6 Å². The van der Waals surface area contributed by atoms with Crippen LogP contribution in [0.25, 0.3) is 28.4 Å². The second-order valence-electron chi connectivity index (χ2n) is 6.46. The third kappa shape index (κ3) is 3.42. The van der Waals surface area contributed by atoms with Crippen molar-refractivity contribution >= 4 is 28.9 Å². The maximum atomic E-state index is 12.2. The minimum atomic E-state index is -0.328. The fraction of sp³-hybridized carbons (Fsp3) is 0.100. The molecule has 0 bridgehead atoms. The van der Waals surface area contributed by atoms with E-state index < -0.39 is 0 Å². The van der Waals surface area contributed by atoms with Crippen LogP contribution in [0.3, 0.4) is 0 Å². The molecule has 0 aliphatic carbocycles. The summed E-state index contributed by atoms with van der Waals surface area (Å²) in [4.78, 5) is 16.8. The molecule has 0 atom stereocenters. The molecule has 10 heteroatoms. The zero-order valence-corrected chi connectivity index (χ0v) is 17.2. The van der Waals surface area contributed by atoms with Gasteiger partial charge >= 0.3 is 0 Å². The number of nitrogens with zero attached hydrogens (tertiary/aromatic N) is 4. The van der Waals surface area contributed by atoms with Gasteiger partial charge in [-0.05, 0) is 37.3 Å². The first-order chi connectivity index (χ1) is 14.6. The Kier molecular flexibility index (Phi) is 4.68. The van der Waals surface area contributed by atoms with Crippen molar-refractivity contribution in [2.24, 2.45) is 0 Å². The molecule has 0 saturated carbocycles. The summed E-state index contributed by atoms with van der Waals surface area (Å²) in [5, 5.41) is 12.3. The maximum absolute atomic E-state index is 12.2. The van der Waals surface area contributed by atoms with Crippen molar-refractivity contribution in [3.8, 4) is 22.9 Å². The molecule has 30 heavy (non-hydrogen) atoms. The number of furan rings is 1. The van der Waals surface area contributed by atoms with E-state index in [-0.39, 0.29) is 5.56 Å². The number of halogens is 1. The fourth-order valence-corrected chi connectivity index (χ4v) is 4.07. The van der Waals surface area contributed by atoms with Crippen LogP contribution >= 0.6 is 23.4 Å². The molecule has 0 fully saturated rings. The van der Waals surface area contributed by atoms with Gasteiger partial charge in [0.1, 0.15) is 17.0 Å². The van der Waals surface area contributed by atoms with Crippen LogP contribution in [0, 0.1) is 6.92 Å². The second-order valence-corrected chi connectivity index (χ2v) is 7.84. The summed E-state index contributed by atoms with van der Waals surface area (Å²) >= 11 is 7.45. The first kappa shape index (κ1) is 18.7. The Bertz CT molecular complexity index is 1400. The van der Waals surface area contributed by atoms with E-state index in [0.717, 1.165) is 11.3 Å². The van der Waals surface area contributed by atoms with Gasteiger partial charge in [0.25, 0.3) is 5.56 Å². The predicted molar refractivity (Wildman–Crippen MR) is 113 cm³/mol. The third-order valence-corrected chi connectivity index (χ3v) is 5.63. The second kappa shape index (κ2) is 7.51. The molecular weight excluding hydrogens is 426 g/mol. The summed E-state index contributed by atoms with van der Waals surface area (Å²) in [6.07, 6.45) is 1.56. The highest BCUT2D eigenvalue weighted by Crippen LogP contribution is 2.28. The van der Waals surface area contributed by atoms with Gasteiger partial charge in [-0.3, -0.25) is 4.79 Å². The molecule has 4 heterocycles. The first-order valence-electron chi connectivity index (χ1n) is 8.96. The lowest BCUT2D eigenvalue weighted by Gasteiger charge is -2.01. The van der Waals surface area contributed by atoms with Crippen LogP contribution in [-0.4, -0.2) is 24.8 Å². The molecule has 0 saturated heterocycles. The van der Waals surface area contributed by atoms with Crippen molar-refractivity contribution in [1.82, 2.24) is 24.8 Å². The summed E-state index contributed by atoms with van der Waals surface area (Å²) in [6, 6.07) is 12.6. The fourth-order valence-electron chi connectivity index (χ4n) is 2.97. The molecule has 0 spiro atoms. The molecule has 1 N–H and O–H groups in total. The number of aromatic nitrogens is 5. The summed E-state index contributed by atoms with van der Waals surface area (Å²) < 4.78 is 12.7. The topological polar surface area (TPSA) is 102 Å². The third-order valence-electron chi connectivity index (χ3n) is 4.45. The maximum Gasteiger partial charge on any atom is 0.290 e. The highest BCUT2D eigenvalue weighted by Gasteiger charge is 2.16. The Morgan fingerprint density at radius 1 is 1.23 bits per heavy atom. The number of rotatable bonds is 5. The number of hydrogen-bond acceptors (Lipinski definition) is 7. The van der Waals surface area contributed by atoms with E-state index in [4.69, 9.17) is 20.4 Å². The average molecular weight is 440 g/mol. The van der Waals surface area contributed by atoms with Crippen LogP contribution in [0.5, 0.6) is 0 Å². The molecule has 150 valence electrons. The molecular formula is C20H14ClN5O3S. The van der Waals surface area contributed by atoms with Gasteiger partial charge < -0.3 is 8.83 Å². The SMILES string of the molecule is Cc1oc(-c2cccc(Cl)c2)nc1CSc1n[nH]c(=O)c2cc(-c3ccco3)nn12. The average Bonchev–Trinajstić information content (AvgIpc) is 3.47. The van der Waals surface area contributed by atoms with E-state index >= 15 is 0 Å². The highest BCUT2D eigenvalue weighted by molar-refractivity contribution is 7.98. The lowest BCUT2D eigenvalue weighted by molar-refractivity contribution is 0.540. The number of benzene rings is 1. The van der Waals surface area contributed by atoms with Crippen molar-refractivity contribution in [2.75, 3.05) is 0 Å². The summed E-state index contributed by atoms with van der Waals surface area (Å²) in [7, 11) is 0. The van der Waals surface area contributed by atoms with Crippen LogP contribution in [0.2, 0.25) is 5.02 Å². The van der Waals surface area contributed by atoms with Crippen molar-refractivity contribution in [3.05, 3.63) is 75.6 Å². The number of hydrogen-bond donors (Lipinski definition) is 1. The molecule has 5 aromatic rings. The number of nitrogens with one attached hydrogen (secondary N) is 1.